The van der Waals surface area contributed by atoms with Crippen molar-refractivity contribution in [3.63, 3.8) is 0 Å². The zero-order valence-electron chi connectivity index (χ0n) is 14.3. The van der Waals surface area contributed by atoms with Crippen LogP contribution >= 0.6 is 0 Å². The second kappa shape index (κ2) is 7.94. The number of aliphatic hydroxyl groups is 2. The van der Waals surface area contributed by atoms with Crippen molar-refractivity contribution in [3.05, 3.63) is 44.6 Å². The number of ether oxygens (including phenoxy) is 2. The Morgan fingerprint density at radius 3 is 2.75 bits per heavy atom. The van der Waals surface area contributed by atoms with Crippen LogP contribution in [-0.4, -0.2) is 50.4 Å². The Morgan fingerprint density at radius 1 is 1.50 bits per heavy atom. The van der Waals surface area contributed by atoms with Gasteiger partial charge in [0.2, 0.25) is 5.91 Å². The fourth-order valence-corrected chi connectivity index (χ4v) is 2.39. The highest BCUT2D eigenvalue weighted by Crippen LogP contribution is 2.36. The summed E-state index contributed by atoms with van der Waals surface area (Å²) < 4.78 is 10.6. The molecule has 0 radical (unpaired) electrons. The number of nitrogens with one attached hydrogen (secondary N) is 1. The lowest BCUT2D eigenvalue weighted by Gasteiger charge is -2.26. The van der Waals surface area contributed by atoms with Crippen LogP contribution in [0.4, 0.5) is 0 Å². The molecule has 0 fully saturated rings. The third-order valence-electron chi connectivity index (χ3n) is 3.89. The Morgan fingerprint density at radius 2 is 2.18 bits per heavy atom. The average molecular weight is 395 g/mol. The van der Waals surface area contributed by atoms with Crippen LogP contribution in [0.3, 0.4) is 0 Å². The van der Waals surface area contributed by atoms with Gasteiger partial charge < -0.3 is 31.2 Å². The first-order chi connectivity index (χ1) is 13.1. The minimum atomic E-state index is -2.43. The molecule has 13 heteroatoms. The molecule has 2 heterocycles. The summed E-state index contributed by atoms with van der Waals surface area (Å²) in [4.78, 5) is 47.5. The highest BCUT2D eigenvalue weighted by atomic mass is 16.6. The van der Waals surface area contributed by atoms with Gasteiger partial charge in [0.25, 0.3) is 5.56 Å². The number of nitrogens with two attached hydrogens (primary N) is 2. The first kappa shape index (κ1) is 20.7. The van der Waals surface area contributed by atoms with Gasteiger partial charge in [-0.05, 0) is 6.42 Å². The summed E-state index contributed by atoms with van der Waals surface area (Å²) in [5, 5.41) is 29.7. The number of H-pyrrole nitrogens is 1. The molecular weight excluding hydrogens is 378 g/mol. The number of carbonyl (C=O) groups is 2. The van der Waals surface area contributed by atoms with E-state index in [1.165, 1.54) is 0 Å². The lowest BCUT2D eigenvalue weighted by Crippen LogP contribution is -2.49. The predicted octanol–water partition coefficient (Wildman–Crippen LogP) is -2.99. The van der Waals surface area contributed by atoms with Crippen LogP contribution in [0.25, 0.3) is 0 Å². The van der Waals surface area contributed by atoms with Gasteiger partial charge in [-0.3, -0.25) is 19.4 Å². The molecule has 1 unspecified atom stereocenters. The number of rotatable bonds is 7. The van der Waals surface area contributed by atoms with E-state index in [0.717, 1.165) is 12.3 Å². The fourth-order valence-electron chi connectivity index (χ4n) is 2.39. The van der Waals surface area contributed by atoms with E-state index in [4.69, 9.17) is 20.9 Å². The Labute approximate surface area is 156 Å². The molecule has 13 nitrogen and oxygen atoms in total. The third-order valence-corrected chi connectivity index (χ3v) is 3.89. The van der Waals surface area contributed by atoms with Crippen molar-refractivity contribution in [2.75, 3.05) is 6.61 Å². The van der Waals surface area contributed by atoms with Crippen molar-refractivity contribution in [2.24, 2.45) is 11.5 Å². The van der Waals surface area contributed by atoms with Gasteiger partial charge in [0.05, 0.1) is 0 Å². The summed E-state index contributed by atoms with van der Waals surface area (Å²) in [6, 6.07) is 1.29. The molecule has 1 aromatic rings. The van der Waals surface area contributed by atoms with Crippen LogP contribution in [0.1, 0.15) is 12.8 Å². The number of nitriles is 1. The van der Waals surface area contributed by atoms with Crippen LogP contribution < -0.4 is 22.7 Å². The SMILES string of the molecule is N#C[C@@]1(n2ccc(=O)[nH]c2=O)OC(COC(=O)[C@H](N)CCC(N)=O)=C(O)C1O. The van der Waals surface area contributed by atoms with E-state index in [0.29, 0.717) is 4.57 Å². The number of aromatic amines is 1. The number of carbonyl (C=O) groups excluding carboxylic acids is 2. The zero-order valence-corrected chi connectivity index (χ0v) is 14.3. The normalized spacial score (nSPS) is 22.2. The molecule has 1 aromatic heterocycles. The van der Waals surface area contributed by atoms with Crippen molar-refractivity contribution in [2.45, 2.75) is 30.7 Å². The molecule has 0 spiro atoms. The second-order valence-electron chi connectivity index (χ2n) is 5.82. The molecule has 2 rings (SSSR count). The molecule has 1 aliphatic heterocycles. The maximum atomic E-state index is 12.0. The van der Waals surface area contributed by atoms with Crippen molar-refractivity contribution in [1.29, 1.82) is 5.26 Å². The standard InChI is InChI=1S/C15H17N5O8/c16-6-15(20-4-3-10(22)19-14(20)26)12(24)11(23)8(28-15)5-27-13(25)7(17)1-2-9(18)21/h3-4,7,12,23-24H,1-2,5,17H2,(H2,18,21)(H,19,22,26)/t7-,12?,15-/m1/s1. The third kappa shape index (κ3) is 3.87. The number of esters is 1. The van der Waals surface area contributed by atoms with Crippen molar-refractivity contribution < 1.29 is 29.3 Å². The monoisotopic (exact) mass is 395 g/mol. The molecule has 28 heavy (non-hydrogen) atoms. The number of hydrogen-bond acceptors (Lipinski definition) is 10. The molecule has 0 aliphatic carbocycles. The lowest BCUT2D eigenvalue weighted by atomic mass is 10.1. The van der Waals surface area contributed by atoms with E-state index in [1.54, 1.807) is 6.07 Å². The molecule has 0 aromatic carbocycles. The van der Waals surface area contributed by atoms with E-state index < -0.39 is 59.1 Å². The number of hydrogen-bond donors (Lipinski definition) is 5. The molecule has 0 bridgehead atoms. The Hall–Kier alpha value is -3.63. The number of nitrogens with zero attached hydrogens (tertiary/aromatic N) is 2. The minimum Gasteiger partial charge on any atom is -0.506 e. The molecular formula is C15H17N5O8. The van der Waals surface area contributed by atoms with Gasteiger partial charge in [0.1, 0.15) is 12.1 Å². The van der Waals surface area contributed by atoms with E-state index in [2.05, 4.69) is 0 Å². The first-order valence-corrected chi connectivity index (χ1v) is 7.85. The topological polar surface area (TPSA) is 224 Å². The minimum absolute atomic E-state index is 0.0718. The summed E-state index contributed by atoms with van der Waals surface area (Å²) >= 11 is 0. The Kier molecular flexibility index (Phi) is 5.87. The molecule has 3 atom stereocenters. The Bertz CT molecular complexity index is 974. The van der Waals surface area contributed by atoms with E-state index >= 15 is 0 Å². The van der Waals surface area contributed by atoms with Crippen LogP contribution in [0.5, 0.6) is 0 Å². The summed E-state index contributed by atoms with van der Waals surface area (Å²) in [6.07, 6.45) is -1.34. The maximum absolute atomic E-state index is 12.0. The smallest absolute Gasteiger partial charge is 0.332 e. The maximum Gasteiger partial charge on any atom is 0.332 e. The number of amides is 1. The number of aromatic nitrogens is 2. The number of primary amides is 1. The fraction of sp³-hybridized carbons (Fsp3) is 0.400. The quantitative estimate of drug-likeness (QED) is 0.294. The molecule has 1 aliphatic rings. The van der Waals surface area contributed by atoms with Crippen molar-refractivity contribution >= 4 is 11.9 Å². The second-order valence-corrected chi connectivity index (χ2v) is 5.82. The molecule has 0 saturated carbocycles. The van der Waals surface area contributed by atoms with Gasteiger partial charge in [0.15, 0.2) is 24.2 Å². The van der Waals surface area contributed by atoms with Gasteiger partial charge in [-0.15, -0.1) is 0 Å². The van der Waals surface area contributed by atoms with Gasteiger partial charge in [-0.1, -0.05) is 0 Å². The first-order valence-electron chi connectivity index (χ1n) is 7.85. The van der Waals surface area contributed by atoms with Crippen LogP contribution in [-0.2, 0) is 24.8 Å². The molecule has 150 valence electrons. The van der Waals surface area contributed by atoms with Crippen LogP contribution in [0.2, 0.25) is 0 Å². The van der Waals surface area contributed by atoms with Crippen LogP contribution in [0, 0.1) is 11.3 Å². The largest absolute Gasteiger partial charge is 0.506 e. The molecule has 7 N–H and O–H groups in total. The van der Waals surface area contributed by atoms with Gasteiger partial charge in [0, 0.05) is 18.7 Å². The van der Waals surface area contributed by atoms with Crippen molar-refractivity contribution in [1.82, 2.24) is 9.55 Å². The van der Waals surface area contributed by atoms with Gasteiger partial charge in [-0.2, -0.15) is 5.26 Å². The van der Waals surface area contributed by atoms with E-state index in [9.17, 15) is 34.7 Å². The highest BCUT2D eigenvalue weighted by molar-refractivity contribution is 5.78. The van der Waals surface area contributed by atoms with Gasteiger partial charge in [-0.25, -0.2) is 9.36 Å². The van der Waals surface area contributed by atoms with E-state index in [1.807, 2.05) is 4.98 Å². The molecule has 0 saturated heterocycles. The highest BCUT2D eigenvalue weighted by Gasteiger charge is 2.53. The lowest BCUT2D eigenvalue weighted by molar-refractivity contribution is -0.146. The van der Waals surface area contributed by atoms with Gasteiger partial charge >= 0.3 is 17.4 Å². The average Bonchev–Trinajstić information content (AvgIpc) is 2.89. The predicted molar refractivity (Wildman–Crippen MR) is 89.0 cm³/mol. The summed E-state index contributed by atoms with van der Waals surface area (Å²) in [7, 11) is 0. The summed E-state index contributed by atoms with van der Waals surface area (Å²) in [5.74, 6) is -2.95. The van der Waals surface area contributed by atoms with E-state index in [-0.39, 0.29) is 12.8 Å². The summed E-state index contributed by atoms with van der Waals surface area (Å²) in [6.45, 7) is -0.715. The Balaban J connectivity index is 2.17. The number of aliphatic hydroxyl groups excluding tert-OH is 2. The van der Waals surface area contributed by atoms with Crippen LogP contribution in [0.15, 0.2) is 33.4 Å². The summed E-state index contributed by atoms with van der Waals surface area (Å²) in [5.41, 5.74) is 6.23. The van der Waals surface area contributed by atoms with Crippen molar-refractivity contribution in [3.8, 4) is 6.07 Å². The zero-order chi connectivity index (χ0) is 21.1. The molecule has 1 amide bonds.